The molecular weight excluding hydrogens is 234 g/mol. The Labute approximate surface area is 107 Å². The van der Waals surface area contributed by atoms with Gasteiger partial charge in [0.2, 0.25) is 0 Å². The van der Waals surface area contributed by atoms with Crippen LogP contribution in [-0.4, -0.2) is 37.8 Å². The number of hydrogen-bond acceptors (Lipinski definition) is 5. The summed E-state index contributed by atoms with van der Waals surface area (Å²) in [6, 6.07) is 0. The molecule has 6 heteroatoms. The Morgan fingerprint density at radius 1 is 1.50 bits per heavy atom. The Morgan fingerprint density at radius 3 is 2.67 bits per heavy atom. The van der Waals surface area contributed by atoms with Gasteiger partial charge in [0.15, 0.2) is 0 Å². The molecule has 0 saturated heterocycles. The number of carbonyl (C=O) groups excluding carboxylic acids is 1. The lowest BCUT2D eigenvalue weighted by Crippen LogP contribution is -2.30. The number of aliphatic hydroxyl groups is 1. The minimum atomic E-state index is -0.654. The van der Waals surface area contributed by atoms with Crippen molar-refractivity contribution in [2.24, 2.45) is 5.92 Å². The third kappa shape index (κ3) is 5.27. The highest BCUT2D eigenvalue weighted by Crippen LogP contribution is 2.15. The summed E-state index contributed by atoms with van der Waals surface area (Å²) < 4.78 is 6.75. The first-order valence-corrected chi connectivity index (χ1v) is 6.02. The van der Waals surface area contributed by atoms with Crippen LogP contribution < -0.4 is 0 Å². The normalized spacial score (nSPS) is 15.2. The summed E-state index contributed by atoms with van der Waals surface area (Å²) in [4.78, 5) is 11.6. The standard InChI is InChI=1S/C12H21N3O3/c1-9(7-11(17)18-12(2,3)4)10(16)8-15-6-5-13-14-15/h5-6,9-10,16H,7-8H2,1-4H3/t9-,10?/m1/s1. The van der Waals surface area contributed by atoms with Crippen LogP contribution in [-0.2, 0) is 16.1 Å². The van der Waals surface area contributed by atoms with Crippen LogP contribution in [0, 0.1) is 5.92 Å². The van der Waals surface area contributed by atoms with Gasteiger partial charge in [0.05, 0.1) is 25.3 Å². The molecule has 1 aromatic heterocycles. The highest BCUT2D eigenvalue weighted by Gasteiger charge is 2.22. The molecule has 1 rings (SSSR count). The molecule has 0 fully saturated rings. The van der Waals surface area contributed by atoms with Crippen molar-refractivity contribution >= 4 is 5.97 Å². The third-order valence-electron chi connectivity index (χ3n) is 2.41. The van der Waals surface area contributed by atoms with E-state index in [1.54, 1.807) is 12.4 Å². The summed E-state index contributed by atoms with van der Waals surface area (Å²) in [6.07, 6.45) is 2.75. The lowest BCUT2D eigenvalue weighted by atomic mass is 10.0. The number of carbonyl (C=O) groups is 1. The third-order valence-corrected chi connectivity index (χ3v) is 2.41. The van der Waals surface area contributed by atoms with Gasteiger partial charge in [0.1, 0.15) is 5.60 Å². The van der Waals surface area contributed by atoms with Gasteiger partial charge in [-0.05, 0) is 26.7 Å². The second kappa shape index (κ2) is 5.95. The van der Waals surface area contributed by atoms with E-state index in [4.69, 9.17) is 4.74 Å². The first kappa shape index (κ1) is 14.6. The fourth-order valence-electron chi connectivity index (χ4n) is 1.48. The summed E-state index contributed by atoms with van der Waals surface area (Å²) >= 11 is 0. The number of aromatic nitrogens is 3. The average Bonchev–Trinajstić information content (AvgIpc) is 2.66. The lowest BCUT2D eigenvalue weighted by molar-refractivity contribution is -0.156. The molecule has 6 nitrogen and oxygen atoms in total. The van der Waals surface area contributed by atoms with Gasteiger partial charge in [-0.15, -0.1) is 5.10 Å². The maximum atomic E-state index is 11.6. The molecule has 0 amide bonds. The topological polar surface area (TPSA) is 77.2 Å². The molecule has 0 aliphatic carbocycles. The van der Waals surface area contributed by atoms with Crippen molar-refractivity contribution < 1.29 is 14.6 Å². The SMILES string of the molecule is C[C@H](CC(=O)OC(C)(C)C)C(O)Cn1ccnn1. The Hall–Kier alpha value is -1.43. The number of esters is 1. The van der Waals surface area contributed by atoms with Gasteiger partial charge in [-0.25, -0.2) is 4.68 Å². The van der Waals surface area contributed by atoms with Gasteiger partial charge in [-0.3, -0.25) is 4.79 Å². The number of aliphatic hydroxyl groups excluding tert-OH is 1. The minimum Gasteiger partial charge on any atom is -0.460 e. The van der Waals surface area contributed by atoms with Crippen molar-refractivity contribution in [1.82, 2.24) is 15.0 Å². The molecule has 0 aromatic carbocycles. The zero-order chi connectivity index (χ0) is 13.8. The first-order chi connectivity index (χ1) is 8.28. The number of nitrogens with zero attached hydrogens (tertiary/aromatic N) is 3. The summed E-state index contributed by atoms with van der Waals surface area (Å²) in [7, 11) is 0. The highest BCUT2D eigenvalue weighted by molar-refractivity contribution is 5.70. The van der Waals surface area contributed by atoms with E-state index in [9.17, 15) is 9.90 Å². The van der Waals surface area contributed by atoms with Crippen molar-refractivity contribution in [1.29, 1.82) is 0 Å². The van der Waals surface area contributed by atoms with E-state index in [1.165, 1.54) is 4.68 Å². The quantitative estimate of drug-likeness (QED) is 0.794. The Bertz CT molecular complexity index is 370. The first-order valence-electron chi connectivity index (χ1n) is 6.02. The number of rotatable bonds is 5. The van der Waals surface area contributed by atoms with E-state index >= 15 is 0 Å². The Balaban J connectivity index is 2.40. The van der Waals surface area contributed by atoms with E-state index in [0.29, 0.717) is 6.54 Å². The van der Waals surface area contributed by atoms with Gasteiger partial charge in [-0.2, -0.15) is 0 Å². The van der Waals surface area contributed by atoms with Crippen LogP contribution in [0.15, 0.2) is 12.4 Å². The van der Waals surface area contributed by atoms with E-state index in [1.807, 2.05) is 27.7 Å². The van der Waals surface area contributed by atoms with E-state index in [2.05, 4.69) is 10.3 Å². The van der Waals surface area contributed by atoms with E-state index in [0.717, 1.165) is 0 Å². The van der Waals surface area contributed by atoms with Crippen LogP contribution >= 0.6 is 0 Å². The summed E-state index contributed by atoms with van der Waals surface area (Å²) in [5.74, 6) is -0.489. The fourth-order valence-corrected chi connectivity index (χ4v) is 1.48. The monoisotopic (exact) mass is 255 g/mol. The van der Waals surface area contributed by atoms with Crippen LogP contribution in [0.5, 0.6) is 0 Å². The van der Waals surface area contributed by atoms with Crippen molar-refractivity contribution in [2.45, 2.75) is 52.4 Å². The second-order valence-electron chi connectivity index (χ2n) is 5.46. The highest BCUT2D eigenvalue weighted by atomic mass is 16.6. The molecule has 102 valence electrons. The molecule has 1 N–H and O–H groups in total. The van der Waals surface area contributed by atoms with Crippen LogP contribution in [0.3, 0.4) is 0 Å². The summed E-state index contributed by atoms with van der Waals surface area (Å²) in [5.41, 5.74) is -0.492. The molecule has 2 atom stereocenters. The number of ether oxygens (including phenoxy) is 1. The molecule has 1 heterocycles. The molecule has 0 bridgehead atoms. The predicted octanol–water partition coefficient (Wildman–Crippen LogP) is 1.01. The van der Waals surface area contributed by atoms with Crippen LogP contribution in [0.25, 0.3) is 0 Å². The predicted molar refractivity (Wildman–Crippen MR) is 65.7 cm³/mol. The minimum absolute atomic E-state index is 0.188. The molecule has 0 radical (unpaired) electrons. The molecule has 0 aliphatic rings. The van der Waals surface area contributed by atoms with Crippen molar-refractivity contribution in [2.75, 3.05) is 0 Å². The molecule has 1 unspecified atom stereocenters. The van der Waals surface area contributed by atoms with Crippen molar-refractivity contribution in [3.05, 3.63) is 12.4 Å². The zero-order valence-corrected chi connectivity index (χ0v) is 11.3. The van der Waals surface area contributed by atoms with Gasteiger partial charge < -0.3 is 9.84 Å². The average molecular weight is 255 g/mol. The fraction of sp³-hybridized carbons (Fsp3) is 0.750. The smallest absolute Gasteiger partial charge is 0.306 e. The Morgan fingerprint density at radius 2 is 2.17 bits per heavy atom. The molecular formula is C12H21N3O3. The largest absolute Gasteiger partial charge is 0.460 e. The van der Waals surface area contributed by atoms with Crippen LogP contribution in [0.2, 0.25) is 0 Å². The second-order valence-corrected chi connectivity index (χ2v) is 5.46. The summed E-state index contributed by atoms with van der Waals surface area (Å²) in [5, 5.41) is 17.4. The molecule has 1 aromatic rings. The molecule has 18 heavy (non-hydrogen) atoms. The van der Waals surface area contributed by atoms with E-state index < -0.39 is 11.7 Å². The Kier molecular flexibility index (Phi) is 4.84. The number of hydrogen-bond donors (Lipinski definition) is 1. The molecule has 0 saturated carbocycles. The van der Waals surface area contributed by atoms with Crippen LogP contribution in [0.1, 0.15) is 34.1 Å². The maximum absolute atomic E-state index is 11.6. The van der Waals surface area contributed by atoms with Gasteiger partial charge in [0.25, 0.3) is 0 Å². The van der Waals surface area contributed by atoms with Gasteiger partial charge in [-0.1, -0.05) is 12.1 Å². The molecule has 0 aliphatic heterocycles. The van der Waals surface area contributed by atoms with Crippen molar-refractivity contribution in [3.8, 4) is 0 Å². The van der Waals surface area contributed by atoms with Crippen molar-refractivity contribution in [3.63, 3.8) is 0 Å². The summed E-state index contributed by atoms with van der Waals surface area (Å²) in [6.45, 7) is 7.60. The zero-order valence-electron chi connectivity index (χ0n) is 11.3. The van der Waals surface area contributed by atoms with Crippen LogP contribution in [0.4, 0.5) is 0 Å². The maximum Gasteiger partial charge on any atom is 0.306 e. The molecule has 0 spiro atoms. The van der Waals surface area contributed by atoms with Gasteiger partial charge in [0, 0.05) is 6.20 Å². The lowest BCUT2D eigenvalue weighted by Gasteiger charge is -2.22. The van der Waals surface area contributed by atoms with E-state index in [-0.39, 0.29) is 18.3 Å². The van der Waals surface area contributed by atoms with Gasteiger partial charge >= 0.3 is 5.97 Å².